The fourth-order valence-corrected chi connectivity index (χ4v) is 3.85. The molecule has 0 aliphatic carbocycles. The minimum atomic E-state index is -0.783. The molecule has 3 amide bonds. The second kappa shape index (κ2) is 8.43. The molecule has 1 aliphatic heterocycles. The van der Waals surface area contributed by atoms with Crippen LogP contribution in [0.5, 0.6) is 0 Å². The van der Waals surface area contributed by atoms with Gasteiger partial charge in [0, 0.05) is 15.2 Å². The number of anilines is 1. The van der Waals surface area contributed by atoms with Crippen LogP contribution in [-0.4, -0.2) is 34.7 Å². The highest BCUT2D eigenvalue weighted by molar-refractivity contribution is 14.1. The van der Waals surface area contributed by atoms with E-state index in [1.165, 1.54) is 4.90 Å². The fraction of sp³-hybridized carbons (Fsp3) is 0.318. The van der Waals surface area contributed by atoms with Gasteiger partial charge < -0.3 is 4.90 Å². The van der Waals surface area contributed by atoms with Gasteiger partial charge in [-0.15, -0.1) is 0 Å². The Labute approximate surface area is 178 Å². The first-order valence-electron chi connectivity index (χ1n) is 9.35. The van der Waals surface area contributed by atoms with Gasteiger partial charge in [-0.1, -0.05) is 25.1 Å². The van der Waals surface area contributed by atoms with Crippen molar-refractivity contribution in [2.75, 3.05) is 4.90 Å². The number of benzene rings is 2. The normalized spacial score (nSPS) is 17.7. The Morgan fingerprint density at radius 2 is 1.82 bits per heavy atom. The van der Waals surface area contributed by atoms with E-state index in [-0.39, 0.29) is 30.2 Å². The van der Waals surface area contributed by atoms with Crippen molar-refractivity contribution in [1.29, 1.82) is 0 Å². The van der Waals surface area contributed by atoms with Crippen molar-refractivity contribution in [2.24, 2.45) is 0 Å². The third-order valence-electron chi connectivity index (χ3n) is 5.22. The number of carbonyl (C=O) groups excluding carboxylic acids is 3. The zero-order valence-electron chi connectivity index (χ0n) is 16.2. The number of carbonyl (C=O) groups is 3. The summed E-state index contributed by atoms with van der Waals surface area (Å²) in [7, 11) is 0. The molecule has 0 spiro atoms. The molecule has 2 atom stereocenters. The molecule has 5 nitrogen and oxygen atoms in total. The van der Waals surface area contributed by atoms with Crippen molar-refractivity contribution < 1.29 is 14.4 Å². The monoisotopic (exact) mass is 490 g/mol. The predicted molar refractivity (Wildman–Crippen MR) is 117 cm³/mol. The van der Waals surface area contributed by atoms with E-state index in [1.54, 1.807) is 23.1 Å². The second-order valence-electron chi connectivity index (χ2n) is 7.05. The number of hydrogen-bond acceptors (Lipinski definition) is 3. The lowest BCUT2D eigenvalue weighted by molar-refractivity contribution is -0.122. The van der Waals surface area contributed by atoms with Crippen LogP contribution in [0.4, 0.5) is 5.69 Å². The van der Waals surface area contributed by atoms with E-state index in [9.17, 15) is 14.4 Å². The molecular weight excluding hydrogens is 467 g/mol. The van der Waals surface area contributed by atoms with Gasteiger partial charge in [0.2, 0.25) is 5.91 Å². The minimum absolute atomic E-state index is 0.00673. The van der Waals surface area contributed by atoms with Crippen LogP contribution in [0.25, 0.3) is 0 Å². The van der Waals surface area contributed by atoms with Crippen molar-refractivity contribution >= 4 is 46.0 Å². The number of rotatable bonds is 5. The van der Waals surface area contributed by atoms with Crippen LogP contribution in [0, 0.1) is 10.5 Å². The Bertz CT molecular complexity index is 910. The van der Waals surface area contributed by atoms with Crippen LogP contribution < -0.4 is 4.90 Å². The zero-order valence-corrected chi connectivity index (χ0v) is 18.3. The van der Waals surface area contributed by atoms with E-state index in [0.29, 0.717) is 17.7 Å². The topological polar surface area (TPSA) is 57.7 Å². The summed E-state index contributed by atoms with van der Waals surface area (Å²) in [6.07, 6.45) is 0.700. The predicted octanol–water partition coefficient (Wildman–Crippen LogP) is 4.17. The van der Waals surface area contributed by atoms with Crippen LogP contribution in [-0.2, 0) is 9.59 Å². The number of hydrogen-bond donors (Lipinski definition) is 0. The Morgan fingerprint density at radius 1 is 1.18 bits per heavy atom. The van der Waals surface area contributed by atoms with Crippen molar-refractivity contribution in [2.45, 2.75) is 45.7 Å². The summed E-state index contributed by atoms with van der Waals surface area (Å²) in [5.41, 5.74) is 1.97. The molecule has 146 valence electrons. The molecule has 0 saturated carbocycles. The maximum atomic E-state index is 13.3. The quantitative estimate of drug-likeness (QED) is 0.467. The summed E-state index contributed by atoms with van der Waals surface area (Å²) in [5, 5.41) is 0. The largest absolute Gasteiger partial charge is 0.323 e. The highest BCUT2D eigenvalue weighted by atomic mass is 127. The van der Waals surface area contributed by atoms with Crippen molar-refractivity contribution in [3.8, 4) is 0 Å². The average molecular weight is 490 g/mol. The molecule has 0 N–H and O–H groups in total. The molecule has 1 fully saturated rings. The standard InChI is InChI=1S/C22H23IN2O3/c1-4-15(3)24(21(27)18-8-6-5-7-14(18)2)19-13-20(26)25(22(19)28)17-11-9-16(23)10-12-17/h5-12,15,19H,4,13H2,1-3H3. The van der Waals surface area contributed by atoms with Crippen molar-refractivity contribution in [1.82, 2.24) is 4.90 Å². The number of halogens is 1. The molecule has 0 bridgehead atoms. The maximum absolute atomic E-state index is 13.3. The van der Waals surface area contributed by atoms with Crippen LogP contribution in [0.15, 0.2) is 48.5 Å². The number of imide groups is 1. The van der Waals surface area contributed by atoms with E-state index in [1.807, 2.05) is 51.1 Å². The summed E-state index contributed by atoms with van der Waals surface area (Å²) in [6, 6.07) is 13.6. The van der Waals surface area contributed by atoms with Gasteiger partial charge in [-0.25, -0.2) is 4.90 Å². The molecule has 3 rings (SSSR count). The van der Waals surface area contributed by atoms with Gasteiger partial charge in [-0.3, -0.25) is 14.4 Å². The highest BCUT2D eigenvalue weighted by Crippen LogP contribution is 2.29. The first-order valence-corrected chi connectivity index (χ1v) is 10.4. The minimum Gasteiger partial charge on any atom is -0.323 e. The first-order chi connectivity index (χ1) is 13.3. The third kappa shape index (κ3) is 3.83. The van der Waals surface area contributed by atoms with Gasteiger partial charge in [0.1, 0.15) is 6.04 Å². The van der Waals surface area contributed by atoms with Crippen molar-refractivity contribution in [3.05, 3.63) is 63.2 Å². The molecule has 1 aliphatic rings. The Kier molecular flexibility index (Phi) is 6.17. The zero-order chi connectivity index (χ0) is 20.4. The highest BCUT2D eigenvalue weighted by Gasteiger charge is 2.45. The van der Waals surface area contributed by atoms with Crippen LogP contribution in [0.2, 0.25) is 0 Å². The Balaban J connectivity index is 1.96. The molecular formula is C22H23IN2O3. The summed E-state index contributed by atoms with van der Waals surface area (Å²) in [6.45, 7) is 5.77. The lowest BCUT2D eigenvalue weighted by atomic mass is 10.0. The van der Waals surface area contributed by atoms with Gasteiger partial charge in [0.15, 0.2) is 0 Å². The first kappa shape index (κ1) is 20.5. The van der Waals surface area contributed by atoms with Gasteiger partial charge in [0.25, 0.3) is 11.8 Å². The van der Waals surface area contributed by atoms with Crippen LogP contribution in [0.1, 0.15) is 42.6 Å². The Morgan fingerprint density at radius 3 is 2.43 bits per heavy atom. The number of nitrogens with zero attached hydrogens (tertiary/aromatic N) is 2. The lowest BCUT2D eigenvalue weighted by Gasteiger charge is -2.33. The van der Waals surface area contributed by atoms with E-state index in [0.717, 1.165) is 9.13 Å². The molecule has 2 aromatic rings. The fourth-order valence-electron chi connectivity index (χ4n) is 3.49. The molecule has 1 saturated heterocycles. The van der Waals surface area contributed by atoms with Gasteiger partial charge in [-0.05, 0) is 78.8 Å². The van der Waals surface area contributed by atoms with E-state index in [2.05, 4.69) is 22.6 Å². The molecule has 2 aromatic carbocycles. The van der Waals surface area contributed by atoms with Crippen LogP contribution in [0.3, 0.4) is 0 Å². The molecule has 0 radical (unpaired) electrons. The maximum Gasteiger partial charge on any atom is 0.257 e. The van der Waals surface area contributed by atoms with E-state index in [4.69, 9.17) is 0 Å². The SMILES string of the molecule is CCC(C)N(C(=O)c1ccccc1C)C1CC(=O)N(c2ccc(I)cc2)C1=O. The molecule has 1 heterocycles. The Hall–Kier alpha value is -2.22. The summed E-state index contributed by atoms with van der Waals surface area (Å²) >= 11 is 2.18. The molecule has 0 aromatic heterocycles. The summed E-state index contributed by atoms with van der Waals surface area (Å²) in [5.74, 6) is -0.821. The molecule has 6 heteroatoms. The molecule has 28 heavy (non-hydrogen) atoms. The van der Waals surface area contributed by atoms with Gasteiger partial charge >= 0.3 is 0 Å². The summed E-state index contributed by atoms with van der Waals surface area (Å²) in [4.78, 5) is 42.0. The van der Waals surface area contributed by atoms with Gasteiger partial charge in [-0.2, -0.15) is 0 Å². The lowest BCUT2D eigenvalue weighted by Crippen LogP contribution is -2.49. The van der Waals surface area contributed by atoms with E-state index >= 15 is 0 Å². The average Bonchev–Trinajstić information content (AvgIpc) is 2.97. The number of amides is 3. The smallest absolute Gasteiger partial charge is 0.257 e. The second-order valence-corrected chi connectivity index (χ2v) is 8.29. The van der Waals surface area contributed by atoms with Crippen molar-refractivity contribution in [3.63, 3.8) is 0 Å². The molecule has 2 unspecified atom stereocenters. The summed E-state index contributed by atoms with van der Waals surface area (Å²) < 4.78 is 1.02. The van der Waals surface area contributed by atoms with E-state index < -0.39 is 6.04 Å². The third-order valence-corrected chi connectivity index (χ3v) is 5.94. The van der Waals surface area contributed by atoms with Crippen LogP contribution >= 0.6 is 22.6 Å². The van der Waals surface area contributed by atoms with Gasteiger partial charge in [0.05, 0.1) is 12.1 Å². The number of aryl methyl sites for hydroxylation is 1.